The minimum absolute atomic E-state index is 0.00420. The van der Waals surface area contributed by atoms with Gasteiger partial charge in [0.2, 0.25) is 5.88 Å². The Labute approximate surface area is 193 Å². The summed E-state index contributed by atoms with van der Waals surface area (Å²) in [6.07, 6.45) is 4.11. The summed E-state index contributed by atoms with van der Waals surface area (Å²) < 4.78 is 49.3. The average molecular weight is 481 g/mol. The fraction of sp³-hybridized carbons (Fsp3) is 0.455. The number of nitrogens with zero attached hydrogens (tertiary/aromatic N) is 3. The van der Waals surface area contributed by atoms with Crippen LogP contribution in [0.4, 0.5) is 13.2 Å². The number of thioether (sulfide) groups is 1. The van der Waals surface area contributed by atoms with Crippen LogP contribution in [0.15, 0.2) is 35.6 Å². The normalized spacial score (nSPS) is 24.8. The zero-order valence-electron chi connectivity index (χ0n) is 17.8. The van der Waals surface area contributed by atoms with Crippen molar-refractivity contribution in [2.75, 3.05) is 12.9 Å². The van der Waals surface area contributed by atoms with Gasteiger partial charge in [-0.2, -0.15) is 8.78 Å². The number of carbonyl (C=O) groups is 1. The Kier molecular flexibility index (Phi) is 6.89. The smallest absolute Gasteiger partial charge is 0.388 e. The SMILES string of the molecule is CO[C@@H]1CC[C@]2(c3cc(CC(=O)c4cnc(OC(F)F)cn4)ccc3F)N=C(N)SC[C@@H]2C1. The van der Waals surface area contributed by atoms with E-state index in [1.165, 1.54) is 23.9 Å². The summed E-state index contributed by atoms with van der Waals surface area (Å²) in [6.45, 7) is -3.03. The second-order valence-electron chi connectivity index (χ2n) is 8.05. The number of ether oxygens (including phenoxy) is 2. The van der Waals surface area contributed by atoms with Crippen LogP contribution < -0.4 is 10.5 Å². The van der Waals surface area contributed by atoms with Crippen molar-refractivity contribution in [1.29, 1.82) is 0 Å². The Hall–Kier alpha value is -2.66. The first-order valence-corrected chi connectivity index (χ1v) is 11.4. The first-order valence-electron chi connectivity index (χ1n) is 10.4. The lowest BCUT2D eigenvalue weighted by atomic mass is 9.68. The highest BCUT2D eigenvalue weighted by atomic mass is 32.2. The minimum Gasteiger partial charge on any atom is -0.415 e. The molecule has 11 heteroatoms. The zero-order valence-corrected chi connectivity index (χ0v) is 18.7. The van der Waals surface area contributed by atoms with Crippen LogP contribution >= 0.6 is 11.8 Å². The molecule has 1 aromatic heterocycles. The van der Waals surface area contributed by atoms with Crippen LogP contribution in [0.1, 0.15) is 40.9 Å². The number of nitrogens with two attached hydrogens (primary N) is 1. The van der Waals surface area contributed by atoms with Gasteiger partial charge in [0.15, 0.2) is 11.0 Å². The molecule has 0 unspecified atom stereocenters. The Morgan fingerprint density at radius 3 is 2.85 bits per heavy atom. The summed E-state index contributed by atoms with van der Waals surface area (Å²) in [5.41, 5.74) is 6.25. The van der Waals surface area contributed by atoms with Crippen molar-refractivity contribution >= 4 is 22.7 Å². The number of amidine groups is 1. The maximum atomic E-state index is 15.1. The molecule has 33 heavy (non-hydrogen) atoms. The Bertz CT molecular complexity index is 1050. The number of halogens is 3. The molecule has 2 N–H and O–H groups in total. The van der Waals surface area contributed by atoms with E-state index in [-0.39, 0.29) is 35.8 Å². The van der Waals surface area contributed by atoms with Crippen LogP contribution in [-0.4, -0.2) is 46.5 Å². The Morgan fingerprint density at radius 1 is 1.33 bits per heavy atom. The van der Waals surface area contributed by atoms with Crippen molar-refractivity contribution < 1.29 is 27.4 Å². The molecule has 2 aromatic rings. The van der Waals surface area contributed by atoms with E-state index in [1.54, 1.807) is 13.2 Å². The van der Waals surface area contributed by atoms with Crippen LogP contribution in [-0.2, 0) is 16.7 Å². The van der Waals surface area contributed by atoms with E-state index < -0.39 is 18.0 Å². The van der Waals surface area contributed by atoms with Crippen molar-refractivity contribution in [3.8, 4) is 5.88 Å². The molecule has 2 heterocycles. The Balaban J connectivity index is 1.60. The number of ketones is 1. The van der Waals surface area contributed by atoms with Crippen molar-refractivity contribution in [3.05, 3.63) is 53.2 Å². The molecule has 176 valence electrons. The number of Topliss-reactive ketones (excluding diaryl/α,β-unsaturated/α-hetero) is 1. The molecule has 3 atom stereocenters. The Morgan fingerprint density at radius 2 is 2.15 bits per heavy atom. The third-order valence-corrected chi connectivity index (χ3v) is 7.09. The molecular formula is C22H23F3N4O3S. The van der Waals surface area contributed by atoms with Crippen LogP contribution in [0.5, 0.6) is 5.88 Å². The van der Waals surface area contributed by atoms with Crippen LogP contribution in [0, 0.1) is 11.7 Å². The highest BCUT2D eigenvalue weighted by molar-refractivity contribution is 8.13. The molecule has 0 spiro atoms. The highest BCUT2D eigenvalue weighted by Gasteiger charge is 2.48. The molecule has 0 saturated heterocycles. The molecule has 0 radical (unpaired) electrons. The third-order valence-electron chi connectivity index (χ3n) is 6.13. The van der Waals surface area contributed by atoms with Crippen molar-refractivity contribution in [2.45, 2.75) is 43.9 Å². The average Bonchev–Trinajstić information content (AvgIpc) is 2.79. The van der Waals surface area contributed by atoms with Gasteiger partial charge in [-0.3, -0.25) is 9.79 Å². The first-order chi connectivity index (χ1) is 15.8. The van der Waals surface area contributed by atoms with Gasteiger partial charge in [-0.1, -0.05) is 17.8 Å². The van der Waals surface area contributed by atoms with Crippen molar-refractivity contribution in [1.82, 2.24) is 9.97 Å². The lowest BCUT2D eigenvalue weighted by Gasteiger charge is -2.46. The van der Waals surface area contributed by atoms with E-state index in [9.17, 15) is 13.6 Å². The minimum atomic E-state index is -3.03. The quantitative estimate of drug-likeness (QED) is 0.603. The number of alkyl halides is 2. The number of aromatic nitrogens is 2. The first kappa shape index (κ1) is 23.5. The van der Waals surface area contributed by atoms with Crippen molar-refractivity contribution in [3.63, 3.8) is 0 Å². The summed E-state index contributed by atoms with van der Waals surface area (Å²) >= 11 is 1.46. The number of rotatable bonds is 7. The van der Waals surface area contributed by atoms with E-state index >= 15 is 4.39 Å². The molecule has 2 aliphatic rings. The predicted molar refractivity (Wildman–Crippen MR) is 117 cm³/mol. The summed E-state index contributed by atoms with van der Waals surface area (Å²) in [4.78, 5) is 24.9. The molecule has 4 rings (SSSR count). The molecular weight excluding hydrogens is 457 g/mol. The fourth-order valence-corrected chi connectivity index (χ4v) is 5.53. The summed E-state index contributed by atoms with van der Waals surface area (Å²) in [6, 6.07) is 4.54. The molecule has 0 bridgehead atoms. The maximum Gasteiger partial charge on any atom is 0.388 e. The van der Waals surface area contributed by atoms with Gasteiger partial charge in [-0.05, 0) is 37.0 Å². The van der Waals surface area contributed by atoms with E-state index in [4.69, 9.17) is 15.5 Å². The largest absolute Gasteiger partial charge is 0.415 e. The molecule has 1 saturated carbocycles. The van der Waals surface area contributed by atoms with Gasteiger partial charge in [0.05, 0.1) is 24.0 Å². The molecule has 7 nitrogen and oxygen atoms in total. The summed E-state index contributed by atoms with van der Waals surface area (Å²) in [7, 11) is 1.67. The van der Waals surface area contributed by atoms with Crippen LogP contribution in [0.25, 0.3) is 0 Å². The molecule has 1 aromatic carbocycles. The third kappa shape index (κ3) is 4.98. The standard InChI is InChI=1S/C22H23F3N4O3S/c1-31-14-4-5-22(13(8-14)11-33-21(26)29-22)15-6-12(2-3-16(15)23)7-18(30)17-9-28-19(10-27-17)32-20(24)25/h2-3,6,9-10,13-14,20H,4-5,7-8,11H2,1H3,(H2,26,29)/t13-,14+,22-/m0/s1. The second-order valence-corrected chi connectivity index (χ2v) is 9.09. The number of fused-ring (bicyclic) bond motifs is 1. The second kappa shape index (κ2) is 9.68. The number of methoxy groups -OCH3 is 1. The van der Waals surface area contributed by atoms with Gasteiger partial charge in [-0.25, -0.2) is 14.4 Å². The maximum absolute atomic E-state index is 15.1. The van der Waals surface area contributed by atoms with E-state index in [0.29, 0.717) is 28.5 Å². The van der Waals surface area contributed by atoms with Gasteiger partial charge < -0.3 is 15.2 Å². The van der Waals surface area contributed by atoms with Gasteiger partial charge in [-0.15, -0.1) is 0 Å². The summed E-state index contributed by atoms with van der Waals surface area (Å²) in [5.74, 6) is -0.414. The monoisotopic (exact) mass is 480 g/mol. The fourth-order valence-electron chi connectivity index (χ4n) is 4.51. The van der Waals surface area contributed by atoms with Gasteiger partial charge >= 0.3 is 6.61 Å². The van der Waals surface area contributed by atoms with E-state index in [0.717, 1.165) is 25.2 Å². The van der Waals surface area contributed by atoms with E-state index in [1.807, 2.05) is 0 Å². The zero-order chi connectivity index (χ0) is 23.6. The number of aliphatic imine (C=N–C) groups is 1. The molecule has 1 aliphatic carbocycles. The van der Waals surface area contributed by atoms with Gasteiger partial charge in [0, 0.05) is 30.8 Å². The van der Waals surface area contributed by atoms with Gasteiger partial charge in [0.1, 0.15) is 11.5 Å². The number of hydrogen-bond donors (Lipinski definition) is 1. The lowest BCUT2D eigenvalue weighted by molar-refractivity contribution is -0.0531. The number of hydrogen-bond acceptors (Lipinski definition) is 8. The molecule has 1 fully saturated rings. The molecule has 1 aliphatic heterocycles. The van der Waals surface area contributed by atoms with E-state index in [2.05, 4.69) is 14.7 Å². The highest BCUT2D eigenvalue weighted by Crippen LogP contribution is 2.50. The van der Waals surface area contributed by atoms with Crippen molar-refractivity contribution in [2.24, 2.45) is 16.6 Å². The summed E-state index contributed by atoms with van der Waals surface area (Å²) in [5, 5.41) is 0.421. The topological polar surface area (TPSA) is 99.7 Å². The predicted octanol–water partition coefficient (Wildman–Crippen LogP) is 3.71. The number of carbonyl (C=O) groups excluding carboxylic acids is 1. The molecule has 0 amide bonds. The van der Waals surface area contributed by atoms with Crippen LogP contribution in [0.3, 0.4) is 0 Å². The number of benzene rings is 1. The lowest BCUT2D eigenvalue weighted by Crippen LogP contribution is -2.46. The van der Waals surface area contributed by atoms with Crippen LogP contribution in [0.2, 0.25) is 0 Å². The van der Waals surface area contributed by atoms with Gasteiger partial charge in [0.25, 0.3) is 0 Å².